The SMILES string of the molecule is CCOc1cc(C(=S)N2CCOCC2)ccc1OC(=O)Cc1ccccc1. The number of nitrogens with zero attached hydrogens (tertiary/aromatic N) is 1. The molecular formula is C21H23NO4S. The van der Waals surface area contributed by atoms with Gasteiger partial charge in [-0.2, -0.15) is 0 Å². The third kappa shape index (κ3) is 5.28. The summed E-state index contributed by atoms with van der Waals surface area (Å²) in [6, 6.07) is 15.0. The van der Waals surface area contributed by atoms with Crippen LogP contribution >= 0.6 is 12.2 Å². The zero-order chi connectivity index (χ0) is 19.1. The van der Waals surface area contributed by atoms with Crippen LogP contribution in [0.2, 0.25) is 0 Å². The molecule has 1 aliphatic heterocycles. The van der Waals surface area contributed by atoms with Crippen molar-refractivity contribution in [3.63, 3.8) is 0 Å². The summed E-state index contributed by atoms with van der Waals surface area (Å²) in [4.78, 5) is 15.1. The van der Waals surface area contributed by atoms with Crippen LogP contribution in [-0.4, -0.2) is 48.8 Å². The molecule has 3 rings (SSSR count). The van der Waals surface area contributed by atoms with Crippen LogP contribution in [0.5, 0.6) is 11.5 Å². The van der Waals surface area contributed by atoms with Crippen LogP contribution in [0.3, 0.4) is 0 Å². The van der Waals surface area contributed by atoms with Crippen LogP contribution in [0.4, 0.5) is 0 Å². The van der Waals surface area contributed by atoms with Crippen molar-refractivity contribution in [1.82, 2.24) is 4.90 Å². The van der Waals surface area contributed by atoms with Crippen LogP contribution in [0, 0.1) is 0 Å². The Balaban J connectivity index is 1.73. The van der Waals surface area contributed by atoms with Crippen molar-refractivity contribution in [1.29, 1.82) is 0 Å². The molecule has 1 fully saturated rings. The largest absolute Gasteiger partial charge is 0.490 e. The Kier molecular flexibility index (Phi) is 6.79. The third-order valence-electron chi connectivity index (χ3n) is 4.20. The van der Waals surface area contributed by atoms with Gasteiger partial charge in [0.25, 0.3) is 0 Å². The first kappa shape index (κ1) is 19.3. The van der Waals surface area contributed by atoms with E-state index in [0.717, 1.165) is 29.2 Å². The average Bonchev–Trinajstić information content (AvgIpc) is 2.70. The van der Waals surface area contributed by atoms with Crippen molar-refractivity contribution in [3.8, 4) is 11.5 Å². The molecule has 0 aromatic heterocycles. The first-order valence-electron chi connectivity index (χ1n) is 9.06. The molecule has 1 saturated heterocycles. The second-order valence-corrected chi connectivity index (χ2v) is 6.52. The number of morpholine rings is 1. The normalized spacial score (nSPS) is 13.9. The minimum absolute atomic E-state index is 0.209. The monoisotopic (exact) mass is 385 g/mol. The van der Waals surface area contributed by atoms with E-state index < -0.39 is 0 Å². The second-order valence-electron chi connectivity index (χ2n) is 6.14. The van der Waals surface area contributed by atoms with E-state index in [1.165, 1.54) is 0 Å². The Morgan fingerprint density at radius 1 is 1.11 bits per heavy atom. The molecule has 0 N–H and O–H groups in total. The van der Waals surface area contributed by atoms with Gasteiger partial charge in [0.05, 0.1) is 26.2 Å². The maximum atomic E-state index is 12.3. The molecule has 2 aromatic carbocycles. The van der Waals surface area contributed by atoms with Gasteiger partial charge in [-0.15, -0.1) is 0 Å². The molecule has 0 aliphatic carbocycles. The van der Waals surface area contributed by atoms with Gasteiger partial charge in [-0.25, -0.2) is 0 Å². The first-order valence-corrected chi connectivity index (χ1v) is 9.46. The van der Waals surface area contributed by atoms with E-state index >= 15 is 0 Å². The smallest absolute Gasteiger partial charge is 0.315 e. The number of ether oxygens (including phenoxy) is 3. The predicted molar refractivity (Wildman–Crippen MR) is 107 cm³/mol. The molecule has 1 aliphatic rings. The topological polar surface area (TPSA) is 48.0 Å². The zero-order valence-electron chi connectivity index (χ0n) is 15.3. The maximum Gasteiger partial charge on any atom is 0.315 e. The first-order chi connectivity index (χ1) is 13.2. The summed E-state index contributed by atoms with van der Waals surface area (Å²) < 4.78 is 16.6. The molecule has 5 nitrogen and oxygen atoms in total. The standard InChI is InChI=1S/C21H23NO4S/c1-2-25-19-15-17(21(27)22-10-12-24-13-11-22)8-9-18(19)26-20(23)14-16-6-4-3-5-7-16/h3-9,15H,2,10-14H2,1H3. The van der Waals surface area contributed by atoms with Gasteiger partial charge in [0.1, 0.15) is 4.99 Å². The van der Waals surface area contributed by atoms with Gasteiger partial charge in [0.15, 0.2) is 11.5 Å². The van der Waals surface area contributed by atoms with Gasteiger partial charge in [0, 0.05) is 18.7 Å². The van der Waals surface area contributed by atoms with E-state index in [0.29, 0.717) is 31.3 Å². The number of hydrogen-bond acceptors (Lipinski definition) is 5. The summed E-state index contributed by atoms with van der Waals surface area (Å²) in [6.07, 6.45) is 0.209. The lowest BCUT2D eigenvalue weighted by Crippen LogP contribution is -2.40. The summed E-state index contributed by atoms with van der Waals surface area (Å²) in [5.41, 5.74) is 1.78. The van der Waals surface area contributed by atoms with Crippen molar-refractivity contribution < 1.29 is 19.0 Å². The van der Waals surface area contributed by atoms with Crippen molar-refractivity contribution in [3.05, 3.63) is 59.7 Å². The van der Waals surface area contributed by atoms with Crippen molar-refractivity contribution >= 4 is 23.2 Å². The molecule has 0 bridgehead atoms. The minimum Gasteiger partial charge on any atom is -0.490 e. The van der Waals surface area contributed by atoms with Crippen LogP contribution in [0.15, 0.2) is 48.5 Å². The lowest BCUT2D eigenvalue weighted by molar-refractivity contribution is -0.133. The summed E-state index contributed by atoms with van der Waals surface area (Å²) in [5, 5.41) is 0. The lowest BCUT2D eigenvalue weighted by atomic mass is 10.1. The number of benzene rings is 2. The molecule has 1 heterocycles. The molecule has 0 radical (unpaired) electrons. The van der Waals surface area contributed by atoms with Gasteiger partial charge in [-0.3, -0.25) is 4.79 Å². The van der Waals surface area contributed by atoms with Gasteiger partial charge in [-0.05, 0) is 30.7 Å². The van der Waals surface area contributed by atoms with E-state index in [4.69, 9.17) is 26.4 Å². The van der Waals surface area contributed by atoms with Crippen LogP contribution < -0.4 is 9.47 Å². The van der Waals surface area contributed by atoms with Crippen molar-refractivity contribution in [2.75, 3.05) is 32.9 Å². The minimum atomic E-state index is -0.328. The van der Waals surface area contributed by atoms with E-state index in [2.05, 4.69) is 4.90 Å². The van der Waals surface area contributed by atoms with Crippen molar-refractivity contribution in [2.45, 2.75) is 13.3 Å². The maximum absolute atomic E-state index is 12.3. The van der Waals surface area contributed by atoms with Gasteiger partial charge < -0.3 is 19.1 Å². The molecule has 142 valence electrons. The molecule has 0 amide bonds. The highest BCUT2D eigenvalue weighted by Crippen LogP contribution is 2.30. The predicted octanol–water partition coefficient (Wildman–Crippen LogP) is 3.24. The van der Waals surface area contributed by atoms with E-state index in [-0.39, 0.29) is 12.4 Å². The quantitative estimate of drug-likeness (QED) is 0.432. The van der Waals surface area contributed by atoms with Crippen LogP contribution in [0.1, 0.15) is 18.1 Å². The summed E-state index contributed by atoms with van der Waals surface area (Å²) in [5.74, 6) is 0.601. The van der Waals surface area contributed by atoms with Gasteiger partial charge in [0.2, 0.25) is 0 Å². The molecule has 6 heteroatoms. The van der Waals surface area contributed by atoms with E-state index in [9.17, 15) is 4.79 Å². The Labute approximate surface area is 164 Å². The molecule has 2 aromatic rings. The number of carbonyl (C=O) groups is 1. The molecule has 0 atom stereocenters. The zero-order valence-corrected chi connectivity index (χ0v) is 16.2. The fourth-order valence-electron chi connectivity index (χ4n) is 2.86. The highest BCUT2D eigenvalue weighted by Gasteiger charge is 2.18. The molecular weight excluding hydrogens is 362 g/mol. The van der Waals surface area contributed by atoms with Gasteiger partial charge >= 0.3 is 5.97 Å². The van der Waals surface area contributed by atoms with Crippen molar-refractivity contribution in [2.24, 2.45) is 0 Å². The molecule has 27 heavy (non-hydrogen) atoms. The molecule has 0 spiro atoms. The number of rotatable bonds is 6. The van der Waals surface area contributed by atoms with Gasteiger partial charge in [-0.1, -0.05) is 42.5 Å². The second kappa shape index (κ2) is 9.48. The number of hydrogen-bond donors (Lipinski definition) is 0. The number of thiocarbonyl (C=S) groups is 1. The van der Waals surface area contributed by atoms with E-state index in [1.807, 2.05) is 49.4 Å². The highest BCUT2D eigenvalue weighted by molar-refractivity contribution is 7.80. The van der Waals surface area contributed by atoms with E-state index in [1.54, 1.807) is 6.07 Å². The fourth-order valence-corrected chi connectivity index (χ4v) is 3.17. The third-order valence-corrected chi connectivity index (χ3v) is 4.70. The van der Waals surface area contributed by atoms with Crippen LogP contribution in [-0.2, 0) is 16.0 Å². The average molecular weight is 385 g/mol. The molecule has 0 unspecified atom stereocenters. The summed E-state index contributed by atoms with van der Waals surface area (Å²) in [6.45, 7) is 5.26. The highest BCUT2D eigenvalue weighted by atomic mass is 32.1. The fraction of sp³-hybridized carbons (Fsp3) is 0.333. The number of esters is 1. The Hall–Kier alpha value is -2.44. The number of carbonyl (C=O) groups excluding carboxylic acids is 1. The summed E-state index contributed by atoms with van der Waals surface area (Å²) >= 11 is 5.61. The Morgan fingerprint density at radius 2 is 1.85 bits per heavy atom. The van der Waals surface area contributed by atoms with Crippen LogP contribution in [0.25, 0.3) is 0 Å². The Bertz CT molecular complexity index is 788. The lowest BCUT2D eigenvalue weighted by Gasteiger charge is -2.29. The Morgan fingerprint density at radius 3 is 2.56 bits per heavy atom. The molecule has 0 saturated carbocycles. The summed E-state index contributed by atoms with van der Waals surface area (Å²) in [7, 11) is 0.